The molecule has 0 aliphatic carbocycles. The predicted octanol–water partition coefficient (Wildman–Crippen LogP) is 4.34. The molecule has 0 radical (unpaired) electrons. The van der Waals surface area contributed by atoms with Crippen LogP contribution in [0.1, 0.15) is 89.9 Å². The fraction of sp³-hybridized carbons (Fsp3) is 0.957. The number of aliphatic hydroxyl groups is 3. The lowest BCUT2D eigenvalue weighted by molar-refractivity contribution is -0.213. The van der Waals surface area contributed by atoms with Crippen LogP contribution in [0.15, 0.2) is 4.99 Å². The van der Waals surface area contributed by atoms with Crippen molar-refractivity contribution in [2.24, 2.45) is 4.99 Å². The van der Waals surface area contributed by atoms with Crippen molar-refractivity contribution in [1.29, 1.82) is 0 Å². The van der Waals surface area contributed by atoms with E-state index in [9.17, 15) is 19.7 Å². The molecule has 2 aliphatic rings. The molecule has 1 fully saturated rings. The van der Waals surface area contributed by atoms with Crippen molar-refractivity contribution in [3.8, 4) is 0 Å². The molecule has 0 aromatic rings. The van der Waals surface area contributed by atoms with Crippen LogP contribution in [-0.4, -0.2) is 70.2 Å². The monoisotopic (exact) mass is 463 g/mol. The van der Waals surface area contributed by atoms with E-state index in [1.807, 2.05) is 0 Å². The highest BCUT2D eigenvalue weighted by molar-refractivity contribution is 8.13. The molecule has 0 amide bonds. The first-order valence-electron chi connectivity index (χ1n) is 12.2. The maximum absolute atomic E-state index is 12.0. The summed E-state index contributed by atoms with van der Waals surface area (Å²) >= 11 is 1.52. The van der Waals surface area contributed by atoms with Crippen molar-refractivity contribution in [3.05, 3.63) is 0 Å². The van der Waals surface area contributed by atoms with Gasteiger partial charge in [-0.25, -0.2) is 4.99 Å². The van der Waals surface area contributed by atoms with Crippen LogP contribution in [0.2, 0.25) is 0 Å². The molecule has 0 aromatic heterocycles. The van der Waals surface area contributed by atoms with Gasteiger partial charge in [-0.3, -0.25) is 4.39 Å². The summed E-state index contributed by atoms with van der Waals surface area (Å²) in [6.07, 6.45) is 12.5. The molecule has 0 aromatic carbocycles. The summed E-state index contributed by atoms with van der Waals surface area (Å²) in [7, 11) is 0. The van der Waals surface area contributed by atoms with Gasteiger partial charge in [0.15, 0.2) is 12.3 Å². The summed E-state index contributed by atoms with van der Waals surface area (Å²) < 4.78 is 23.1. The van der Waals surface area contributed by atoms with E-state index in [2.05, 4.69) is 4.99 Å². The van der Waals surface area contributed by atoms with E-state index < -0.39 is 30.6 Å². The van der Waals surface area contributed by atoms with Crippen LogP contribution >= 0.6 is 11.8 Å². The van der Waals surface area contributed by atoms with Gasteiger partial charge in [0.05, 0.1) is 13.3 Å². The zero-order valence-corrected chi connectivity index (χ0v) is 19.6. The van der Waals surface area contributed by atoms with Gasteiger partial charge in [0.25, 0.3) is 0 Å². The summed E-state index contributed by atoms with van der Waals surface area (Å²) in [6, 6.07) is 0. The van der Waals surface area contributed by atoms with Crippen molar-refractivity contribution >= 4 is 17.0 Å². The molecular formula is C23H42FNO5S. The normalized spacial score (nSPS) is 27.7. The van der Waals surface area contributed by atoms with E-state index in [1.54, 1.807) is 0 Å². The number of aliphatic imine (C=N–C) groups is 1. The molecule has 182 valence electrons. The maximum Gasteiger partial charge on any atom is 0.249 e. The Kier molecular flexibility index (Phi) is 14.1. The van der Waals surface area contributed by atoms with Gasteiger partial charge >= 0.3 is 0 Å². The fourth-order valence-corrected chi connectivity index (χ4v) is 4.98. The maximum atomic E-state index is 12.0. The molecule has 2 aliphatic heterocycles. The second kappa shape index (κ2) is 16.2. The molecule has 3 N–H and O–H groups in total. The van der Waals surface area contributed by atoms with Gasteiger partial charge in [-0.05, 0) is 12.8 Å². The summed E-state index contributed by atoms with van der Waals surface area (Å²) in [6.45, 7) is -0.524. The van der Waals surface area contributed by atoms with E-state index in [1.165, 1.54) is 82.4 Å². The number of nitrogens with zero attached hydrogens (tertiary/aromatic N) is 1. The Hall–Kier alpha value is -0.410. The summed E-state index contributed by atoms with van der Waals surface area (Å²) in [5.41, 5.74) is 0. The molecule has 0 unspecified atom stereocenters. The van der Waals surface area contributed by atoms with Crippen LogP contribution in [0.25, 0.3) is 0 Å². The minimum absolute atomic E-state index is 0.165. The molecule has 2 rings (SSSR count). The summed E-state index contributed by atoms with van der Waals surface area (Å²) in [5.74, 6) is 0.908. The van der Waals surface area contributed by atoms with Crippen LogP contribution in [0.5, 0.6) is 0 Å². The number of ether oxygens (including phenoxy) is 2. The molecule has 0 saturated carbocycles. The van der Waals surface area contributed by atoms with Gasteiger partial charge < -0.3 is 24.8 Å². The molecule has 5 atom stereocenters. The fourth-order valence-electron chi connectivity index (χ4n) is 4.10. The summed E-state index contributed by atoms with van der Waals surface area (Å²) in [4.78, 5) is 4.34. The average molecular weight is 464 g/mol. The van der Waals surface area contributed by atoms with Crippen molar-refractivity contribution in [2.45, 2.75) is 121 Å². The van der Waals surface area contributed by atoms with Crippen LogP contribution < -0.4 is 0 Å². The van der Waals surface area contributed by atoms with E-state index in [4.69, 9.17) is 9.47 Å². The number of aliphatic hydroxyl groups excluding tert-OH is 3. The molecule has 0 spiro atoms. The van der Waals surface area contributed by atoms with Crippen molar-refractivity contribution in [2.75, 3.05) is 19.0 Å². The second-order valence-electron chi connectivity index (χ2n) is 8.69. The quantitative estimate of drug-likeness (QED) is 0.278. The number of halogens is 1. The van der Waals surface area contributed by atoms with Crippen LogP contribution in [0.4, 0.5) is 4.39 Å². The zero-order valence-electron chi connectivity index (χ0n) is 18.8. The third-order valence-electron chi connectivity index (χ3n) is 6.07. The Morgan fingerprint density at radius 3 is 1.81 bits per heavy atom. The predicted molar refractivity (Wildman–Crippen MR) is 123 cm³/mol. The lowest BCUT2D eigenvalue weighted by Gasteiger charge is -2.36. The second-order valence-corrected chi connectivity index (χ2v) is 9.74. The standard InChI is InChI=1S/C23H42FNO5S/c24-15-13-11-9-7-5-3-1-2-4-6-8-10-12-14-16-31-23-25-22-21(30-23)20(28)19(27)18(17-26)29-22/h18-22,26-28H,1-17H2/t18-,19-,20+,21-,22+/m1/s1. The van der Waals surface area contributed by atoms with Crippen molar-refractivity contribution in [3.63, 3.8) is 0 Å². The number of unbranched alkanes of at least 4 members (excludes halogenated alkanes) is 13. The van der Waals surface area contributed by atoms with Gasteiger partial charge in [0.1, 0.15) is 18.3 Å². The first-order chi connectivity index (χ1) is 15.2. The molecule has 2 heterocycles. The largest absolute Gasteiger partial charge is 0.462 e. The number of alkyl halides is 1. The van der Waals surface area contributed by atoms with E-state index in [-0.39, 0.29) is 13.3 Å². The first kappa shape index (κ1) is 26.8. The molecular weight excluding hydrogens is 421 g/mol. The van der Waals surface area contributed by atoms with Crippen molar-refractivity contribution < 1.29 is 29.2 Å². The van der Waals surface area contributed by atoms with E-state index in [0.29, 0.717) is 5.23 Å². The Bertz CT molecular complexity index is 499. The lowest BCUT2D eigenvalue weighted by Crippen LogP contribution is -2.57. The zero-order chi connectivity index (χ0) is 22.3. The van der Waals surface area contributed by atoms with E-state index in [0.717, 1.165) is 25.0 Å². The highest BCUT2D eigenvalue weighted by atomic mass is 32.2. The first-order valence-corrected chi connectivity index (χ1v) is 13.2. The molecule has 8 heteroatoms. The third kappa shape index (κ3) is 9.95. The Morgan fingerprint density at radius 2 is 1.29 bits per heavy atom. The third-order valence-corrected chi connectivity index (χ3v) is 7.01. The Balaban J connectivity index is 1.38. The van der Waals surface area contributed by atoms with Gasteiger partial charge in [-0.2, -0.15) is 0 Å². The highest BCUT2D eigenvalue weighted by Gasteiger charge is 2.49. The van der Waals surface area contributed by atoms with Crippen LogP contribution in [0, 0.1) is 0 Å². The van der Waals surface area contributed by atoms with Crippen molar-refractivity contribution in [1.82, 2.24) is 0 Å². The average Bonchev–Trinajstić information content (AvgIpc) is 3.19. The molecule has 31 heavy (non-hydrogen) atoms. The number of hydrogen-bond acceptors (Lipinski definition) is 7. The van der Waals surface area contributed by atoms with Gasteiger partial charge in [0.2, 0.25) is 5.23 Å². The highest BCUT2D eigenvalue weighted by Crippen LogP contribution is 2.31. The minimum atomic E-state index is -1.16. The Labute approximate surface area is 191 Å². The number of hydrogen-bond donors (Lipinski definition) is 3. The SMILES string of the molecule is OC[C@H]1O[C@@H]2N=C(SCCCCCCCCCCCCCCCCF)O[C@@H]2[C@@H](O)[C@@H]1O. The minimum Gasteiger partial charge on any atom is -0.462 e. The number of rotatable bonds is 17. The molecule has 6 nitrogen and oxygen atoms in total. The van der Waals surface area contributed by atoms with Gasteiger partial charge in [0, 0.05) is 5.75 Å². The van der Waals surface area contributed by atoms with Crippen LogP contribution in [-0.2, 0) is 9.47 Å². The van der Waals surface area contributed by atoms with Gasteiger partial charge in [-0.15, -0.1) is 0 Å². The van der Waals surface area contributed by atoms with Gasteiger partial charge in [-0.1, -0.05) is 88.8 Å². The molecule has 1 saturated heterocycles. The van der Waals surface area contributed by atoms with E-state index >= 15 is 0 Å². The topological polar surface area (TPSA) is 91.5 Å². The smallest absolute Gasteiger partial charge is 0.249 e. The summed E-state index contributed by atoms with van der Waals surface area (Å²) in [5, 5.41) is 29.8. The number of fused-ring (bicyclic) bond motifs is 1. The number of thioether (sulfide) groups is 1. The van der Waals surface area contributed by atoms with Crippen LogP contribution in [0.3, 0.4) is 0 Å². The Morgan fingerprint density at radius 1 is 0.774 bits per heavy atom. The molecule has 0 bridgehead atoms. The lowest BCUT2D eigenvalue weighted by atomic mass is 9.99.